The molecule has 0 saturated heterocycles. The maximum absolute atomic E-state index is 5.95. The van der Waals surface area contributed by atoms with Gasteiger partial charge in [-0.15, -0.1) is 5.10 Å². The largest absolute Gasteiger partial charge is 0.406 e. The zero-order valence-corrected chi connectivity index (χ0v) is 13.1. The quantitative estimate of drug-likeness (QED) is 0.853. The summed E-state index contributed by atoms with van der Waals surface area (Å²) in [5.74, 6) is 0.475. The predicted octanol–water partition coefficient (Wildman–Crippen LogP) is 1.57. The Labute approximate surface area is 121 Å². The van der Waals surface area contributed by atoms with Gasteiger partial charge in [-0.2, -0.15) is 0 Å². The fourth-order valence-electron chi connectivity index (χ4n) is 2.56. The molecule has 1 aliphatic rings. The highest BCUT2D eigenvalue weighted by Gasteiger charge is 2.24. The molecule has 2 N–H and O–H groups in total. The number of anilines is 1. The van der Waals surface area contributed by atoms with Gasteiger partial charge in [0.25, 0.3) is 0 Å². The number of likely N-dealkylation sites (N-methyl/N-ethyl adjacent to an activating group) is 2. The Kier molecular flexibility index (Phi) is 4.65. The maximum Gasteiger partial charge on any atom is 0.317 e. The normalized spacial score (nSPS) is 17.1. The summed E-state index contributed by atoms with van der Waals surface area (Å²) < 4.78 is 5.63. The van der Waals surface area contributed by atoms with Crippen molar-refractivity contribution in [2.75, 3.05) is 32.1 Å². The zero-order chi connectivity index (χ0) is 14.8. The van der Waals surface area contributed by atoms with Crippen LogP contribution in [0.5, 0.6) is 0 Å². The molecule has 1 aromatic heterocycles. The number of nitrogens with two attached hydrogens (primary N) is 1. The van der Waals surface area contributed by atoms with Crippen LogP contribution in [0.2, 0.25) is 0 Å². The van der Waals surface area contributed by atoms with Gasteiger partial charge in [-0.1, -0.05) is 17.9 Å². The summed E-state index contributed by atoms with van der Waals surface area (Å²) in [6, 6.07) is 1.28. The van der Waals surface area contributed by atoms with Crippen LogP contribution >= 0.6 is 0 Å². The first-order valence-corrected chi connectivity index (χ1v) is 7.42. The molecule has 6 nitrogen and oxygen atoms in total. The average Bonchev–Trinajstić information content (AvgIpc) is 3.04. The number of hydrogen-bond donors (Lipinski definition) is 1. The third kappa shape index (κ3) is 3.70. The van der Waals surface area contributed by atoms with Crippen molar-refractivity contribution >= 4 is 6.01 Å². The Morgan fingerprint density at radius 1 is 1.20 bits per heavy atom. The Bertz CT molecular complexity index is 419. The fourth-order valence-corrected chi connectivity index (χ4v) is 2.56. The zero-order valence-electron chi connectivity index (χ0n) is 13.1. The van der Waals surface area contributed by atoms with E-state index in [9.17, 15) is 0 Å². The van der Waals surface area contributed by atoms with Gasteiger partial charge in [0.1, 0.15) is 0 Å². The van der Waals surface area contributed by atoms with Crippen molar-refractivity contribution in [1.82, 2.24) is 15.1 Å². The van der Waals surface area contributed by atoms with Gasteiger partial charge < -0.3 is 20.0 Å². The predicted molar refractivity (Wildman–Crippen MR) is 79.7 cm³/mol. The van der Waals surface area contributed by atoms with Crippen LogP contribution in [0, 0.1) is 0 Å². The summed E-state index contributed by atoms with van der Waals surface area (Å²) >= 11 is 0. The SMILES string of the molecule is CN(CCN(C)C1CCCC1)c1nnc(C(C)(C)N)o1. The highest BCUT2D eigenvalue weighted by molar-refractivity contribution is 5.22. The molecule has 0 bridgehead atoms. The van der Waals surface area contributed by atoms with Crippen LogP contribution in [0.15, 0.2) is 4.42 Å². The molecule has 6 heteroatoms. The van der Waals surface area contributed by atoms with Crippen molar-refractivity contribution in [3.8, 4) is 0 Å². The number of rotatable bonds is 6. The lowest BCUT2D eigenvalue weighted by Gasteiger charge is -2.26. The van der Waals surface area contributed by atoms with E-state index < -0.39 is 5.54 Å². The van der Waals surface area contributed by atoms with E-state index in [0.29, 0.717) is 11.9 Å². The lowest BCUT2D eigenvalue weighted by molar-refractivity contribution is 0.250. The molecule has 1 saturated carbocycles. The van der Waals surface area contributed by atoms with E-state index in [0.717, 1.165) is 19.1 Å². The topological polar surface area (TPSA) is 71.4 Å². The molecule has 2 rings (SSSR count). The van der Waals surface area contributed by atoms with Crippen LogP contribution < -0.4 is 10.6 Å². The van der Waals surface area contributed by atoms with Gasteiger partial charge in [-0.25, -0.2) is 0 Å². The van der Waals surface area contributed by atoms with E-state index in [2.05, 4.69) is 22.1 Å². The molecule has 1 fully saturated rings. The molecule has 0 atom stereocenters. The monoisotopic (exact) mass is 281 g/mol. The number of aromatic nitrogens is 2. The van der Waals surface area contributed by atoms with Gasteiger partial charge in [-0.05, 0) is 33.7 Å². The van der Waals surface area contributed by atoms with Crippen LogP contribution in [-0.4, -0.2) is 48.3 Å². The van der Waals surface area contributed by atoms with Crippen LogP contribution in [0.4, 0.5) is 6.01 Å². The third-order valence-electron chi connectivity index (χ3n) is 4.03. The smallest absolute Gasteiger partial charge is 0.317 e. The molecule has 0 aromatic carbocycles. The molecule has 0 aliphatic heterocycles. The first-order valence-electron chi connectivity index (χ1n) is 7.42. The highest BCUT2D eigenvalue weighted by Crippen LogP contribution is 2.22. The minimum absolute atomic E-state index is 0.475. The van der Waals surface area contributed by atoms with Crippen LogP contribution in [0.25, 0.3) is 0 Å². The van der Waals surface area contributed by atoms with Crippen molar-refractivity contribution in [3.63, 3.8) is 0 Å². The molecule has 0 radical (unpaired) electrons. The lowest BCUT2D eigenvalue weighted by Crippen LogP contribution is -2.36. The molecule has 0 unspecified atom stereocenters. The fraction of sp³-hybridized carbons (Fsp3) is 0.857. The van der Waals surface area contributed by atoms with E-state index in [1.807, 2.05) is 25.8 Å². The van der Waals surface area contributed by atoms with Gasteiger partial charge in [-0.3, -0.25) is 0 Å². The average molecular weight is 281 g/mol. The second-order valence-corrected chi connectivity index (χ2v) is 6.45. The molecule has 114 valence electrons. The lowest BCUT2D eigenvalue weighted by atomic mass is 10.1. The minimum atomic E-state index is -0.591. The standard InChI is InChI=1S/C14H27N5O/c1-14(2,15)12-16-17-13(20-12)19(4)10-9-18(3)11-7-5-6-8-11/h11H,5-10,15H2,1-4H3. The molecule has 0 spiro atoms. The minimum Gasteiger partial charge on any atom is -0.406 e. The van der Waals surface area contributed by atoms with Crippen molar-refractivity contribution in [3.05, 3.63) is 5.89 Å². The Balaban J connectivity index is 1.85. The summed E-state index contributed by atoms with van der Waals surface area (Å²) in [5.41, 5.74) is 5.36. The summed E-state index contributed by atoms with van der Waals surface area (Å²) in [6.45, 7) is 5.60. The molecule has 1 heterocycles. The van der Waals surface area contributed by atoms with E-state index in [-0.39, 0.29) is 0 Å². The van der Waals surface area contributed by atoms with Crippen LogP contribution in [-0.2, 0) is 5.54 Å². The van der Waals surface area contributed by atoms with E-state index in [1.54, 1.807) is 0 Å². The van der Waals surface area contributed by atoms with Gasteiger partial charge in [0.15, 0.2) is 0 Å². The first-order chi connectivity index (χ1) is 9.38. The van der Waals surface area contributed by atoms with Crippen molar-refractivity contribution in [2.45, 2.75) is 51.1 Å². The number of hydrogen-bond acceptors (Lipinski definition) is 6. The summed E-state index contributed by atoms with van der Waals surface area (Å²) in [5, 5.41) is 8.08. The van der Waals surface area contributed by atoms with Crippen molar-refractivity contribution < 1.29 is 4.42 Å². The second kappa shape index (κ2) is 6.10. The van der Waals surface area contributed by atoms with Crippen molar-refractivity contribution in [2.24, 2.45) is 5.73 Å². The second-order valence-electron chi connectivity index (χ2n) is 6.45. The number of nitrogens with zero attached hydrogens (tertiary/aromatic N) is 4. The molecular formula is C14H27N5O. The summed E-state index contributed by atoms with van der Waals surface area (Å²) in [7, 11) is 4.18. The van der Waals surface area contributed by atoms with Gasteiger partial charge in [0, 0.05) is 26.2 Å². The van der Waals surface area contributed by atoms with Crippen LogP contribution in [0.1, 0.15) is 45.4 Å². The van der Waals surface area contributed by atoms with Crippen molar-refractivity contribution in [1.29, 1.82) is 0 Å². The summed E-state index contributed by atoms with van der Waals surface area (Å²) in [6.07, 6.45) is 5.38. The summed E-state index contributed by atoms with van der Waals surface area (Å²) in [4.78, 5) is 4.43. The van der Waals surface area contributed by atoms with Gasteiger partial charge >= 0.3 is 6.01 Å². The Morgan fingerprint density at radius 3 is 2.40 bits per heavy atom. The van der Waals surface area contributed by atoms with Crippen LogP contribution in [0.3, 0.4) is 0 Å². The third-order valence-corrected chi connectivity index (χ3v) is 4.03. The highest BCUT2D eigenvalue weighted by atomic mass is 16.4. The maximum atomic E-state index is 5.95. The molecule has 1 aromatic rings. The molecular weight excluding hydrogens is 254 g/mol. The molecule has 20 heavy (non-hydrogen) atoms. The van der Waals surface area contributed by atoms with E-state index >= 15 is 0 Å². The Morgan fingerprint density at radius 2 is 1.85 bits per heavy atom. The van der Waals surface area contributed by atoms with E-state index in [4.69, 9.17) is 10.2 Å². The molecule has 0 amide bonds. The Hall–Kier alpha value is -1.14. The van der Waals surface area contributed by atoms with Gasteiger partial charge in [0.05, 0.1) is 5.54 Å². The first kappa shape index (κ1) is 15.3. The van der Waals surface area contributed by atoms with Gasteiger partial charge in [0.2, 0.25) is 5.89 Å². The van der Waals surface area contributed by atoms with E-state index in [1.165, 1.54) is 25.7 Å². The molecule has 1 aliphatic carbocycles.